The largest absolute Gasteiger partial charge is 0.465 e. The summed E-state index contributed by atoms with van der Waals surface area (Å²) in [7, 11) is 0. The standard InChI is InChI=1S/C20H34N2O2/c1-15-6-7-18(24-15)13-22(12-16-8-9-23-14-16)17-10-19(2,3)21-20(4,5)11-17/h6-7,16-17,21H,8-14H2,1-5H3/t16-/m1/s1. The Kier molecular flexibility index (Phi) is 5.10. The SMILES string of the molecule is Cc1ccc(CN(C[C@H]2CCOC2)C2CC(C)(C)NC(C)(C)C2)o1. The number of piperidine rings is 1. The van der Waals surface area contributed by atoms with Crippen molar-refractivity contribution in [3.8, 4) is 0 Å². The molecule has 0 aliphatic carbocycles. The first-order valence-electron chi connectivity index (χ1n) is 9.39. The van der Waals surface area contributed by atoms with Crippen LogP contribution in [0.1, 0.15) is 58.5 Å². The number of aryl methyl sites for hydroxylation is 1. The molecule has 0 unspecified atom stereocenters. The van der Waals surface area contributed by atoms with Crippen LogP contribution < -0.4 is 5.32 Å². The lowest BCUT2D eigenvalue weighted by molar-refractivity contribution is 0.0452. The molecule has 0 amide bonds. The first kappa shape index (κ1) is 18.0. The number of ether oxygens (including phenoxy) is 1. The fraction of sp³-hybridized carbons (Fsp3) is 0.800. The smallest absolute Gasteiger partial charge is 0.118 e. The van der Waals surface area contributed by atoms with Gasteiger partial charge < -0.3 is 14.5 Å². The van der Waals surface area contributed by atoms with Crippen LogP contribution in [0.2, 0.25) is 0 Å². The number of hydrogen-bond donors (Lipinski definition) is 1. The third kappa shape index (κ3) is 4.62. The molecule has 2 saturated heterocycles. The van der Waals surface area contributed by atoms with Crippen LogP contribution in [0.3, 0.4) is 0 Å². The van der Waals surface area contributed by atoms with E-state index in [0.29, 0.717) is 12.0 Å². The zero-order chi connectivity index (χ0) is 17.4. The van der Waals surface area contributed by atoms with Crippen LogP contribution in [0.5, 0.6) is 0 Å². The quantitative estimate of drug-likeness (QED) is 0.890. The van der Waals surface area contributed by atoms with Gasteiger partial charge in [-0.25, -0.2) is 0 Å². The Balaban J connectivity index is 1.76. The molecule has 4 nitrogen and oxygen atoms in total. The van der Waals surface area contributed by atoms with Gasteiger partial charge in [-0.1, -0.05) is 0 Å². The van der Waals surface area contributed by atoms with E-state index in [4.69, 9.17) is 9.15 Å². The Hall–Kier alpha value is -0.840. The third-order valence-corrected chi connectivity index (χ3v) is 5.36. The van der Waals surface area contributed by atoms with Crippen molar-refractivity contribution < 1.29 is 9.15 Å². The van der Waals surface area contributed by atoms with Gasteiger partial charge in [0.2, 0.25) is 0 Å². The summed E-state index contributed by atoms with van der Waals surface area (Å²) >= 11 is 0. The molecule has 3 heterocycles. The molecule has 1 aromatic rings. The highest BCUT2D eigenvalue weighted by atomic mass is 16.5. The van der Waals surface area contributed by atoms with E-state index < -0.39 is 0 Å². The fourth-order valence-corrected chi connectivity index (χ4v) is 4.70. The molecule has 2 fully saturated rings. The van der Waals surface area contributed by atoms with E-state index in [9.17, 15) is 0 Å². The molecule has 1 aromatic heterocycles. The van der Waals surface area contributed by atoms with Gasteiger partial charge in [0.1, 0.15) is 11.5 Å². The lowest BCUT2D eigenvalue weighted by atomic mass is 9.78. The van der Waals surface area contributed by atoms with E-state index in [1.807, 2.05) is 6.92 Å². The summed E-state index contributed by atoms with van der Waals surface area (Å²) in [5.41, 5.74) is 0.325. The van der Waals surface area contributed by atoms with Crippen molar-refractivity contribution in [3.63, 3.8) is 0 Å². The minimum absolute atomic E-state index is 0.163. The second-order valence-corrected chi connectivity index (χ2v) is 9.13. The summed E-state index contributed by atoms with van der Waals surface area (Å²) in [6.07, 6.45) is 3.53. The summed E-state index contributed by atoms with van der Waals surface area (Å²) in [6.45, 7) is 15.2. The lowest BCUT2D eigenvalue weighted by Crippen LogP contribution is -2.62. The second kappa shape index (κ2) is 6.81. The maximum Gasteiger partial charge on any atom is 0.118 e. The molecule has 0 saturated carbocycles. The minimum atomic E-state index is 0.163. The number of hydrogen-bond acceptors (Lipinski definition) is 4. The van der Waals surface area contributed by atoms with E-state index in [0.717, 1.165) is 37.8 Å². The van der Waals surface area contributed by atoms with Crippen molar-refractivity contribution in [1.29, 1.82) is 0 Å². The van der Waals surface area contributed by atoms with Gasteiger partial charge in [0.15, 0.2) is 0 Å². The van der Waals surface area contributed by atoms with Crippen molar-refractivity contribution in [1.82, 2.24) is 10.2 Å². The average molecular weight is 335 g/mol. The predicted molar refractivity (Wildman–Crippen MR) is 97.1 cm³/mol. The number of furan rings is 1. The molecule has 4 heteroatoms. The maximum absolute atomic E-state index is 5.88. The molecule has 1 N–H and O–H groups in total. The first-order chi connectivity index (χ1) is 11.2. The number of rotatable bonds is 5. The molecule has 0 spiro atoms. The van der Waals surface area contributed by atoms with Gasteiger partial charge in [-0.3, -0.25) is 4.90 Å². The molecule has 0 aromatic carbocycles. The van der Waals surface area contributed by atoms with Gasteiger partial charge in [-0.05, 0) is 71.9 Å². The Morgan fingerprint density at radius 1 is 1.17 bits per heavy atom. The third-order valence-electron chi connectivity index (χ3n) is 5.36. The predicted octanol–water partition coefficient (Wildman–Crippen LogP) is 3.74. The maximum atomic E-state index is 5.88. The fourth-order valence-electron chi connectivity index (χ4n) is 4.70. The number of nitrogens with one attached hydrogen (secondary N) is 1. The van der Waals surface area contributed by atoms with Gasteiger partial charge in [0.25, 0.3) is 0 Å². The van der Waals surface area contributed by atoms with Gasteiger partial charge in [-0.15, -0.1) is 0 Å². The highest BCUT2D eigenvalue weighted by Gasteiger charge is 2.40. The van der Waals surface area contributed by atoms with E-state index in [2.05, 4.69) is 50.0 Å². The Morgan fingerprint density at radius 2 is 1.88 bits per heavy atom. The zero-order valence-corrected chi connectivity index (χ0v) is 16.0. The van der Waals surface area contributed by atoms with E-state index in [1.165, 1.54) is 19.3 Å². The van der Waals surface area contributed by atoms with Crippen LogP contribution in [0.4, 0.5) is 0 Å². The van der Waals surface area contributed by atoms with Crippen molar-refractivity contribution in [3.05, 3.63) is 23.7 Å². The molecule has 3 rings (SSSR count). The summed E-state index contributed by atoms with van der Waals surface area (Å²) < 4.78 is 11.5. The Bertz CT molecular complexity index is 528. The van der Waals surface area contributed by atoms with Crippen molar-refractivity contribution >= 4 is 0 Å². The Labute approximate surface area is 146 Å². The molecular formula is C20H34N2O2. The molecular weight excluding hydrogens is 300 g/mol. The summed E-state index contributed by atoms with van der Waals surface area (Å²) in [5, 5.41) is 3.80. The van der Waals surface area contributed by atoms with Crippen molar-refractivity contribution in [2.24, 2.45) is 5.92 Å². The molecule has 2 aliphatic heterocycles. The van der Waals surface area contributed by atoms with E-state index in [1.54, 1.807) is 0 Å². The summed E-state index contributed by atoms with van der Waals surface area (Å²) in [5.74, 6) is 2.74. The molecule has 1 atom stereocenters. The van der Waals surface area contributed by atoms with Crippen LogP contribution in [0.15, 0.2) is 16.5 Å². The topological polar surface area (TPSA) is 37.6 Å². The van der Waals surface area contributed by atoms with Crippen molar-refractivity contribution in [2.45, 2.75) is 77.5 Å². The molecule has 24 heavy (non-hydrogen) atoms. The molecule has 2 aliphatic rings. The molecule has 0 bridgehead atoms. The average Bonchev–Trinajstić information content (AvgIpc) is 3.06. The Morgan fingerprint density at radius 3 is 2.42 bits per heavy atom. The van der Waals surface area contributed by atoms with Crippen LogP contribution in [-0.4, -0.2) is 41.8 Å². The summed E-state index contributed by atoms with van der Waals surface area (Å²) in [6, 6.07) is 4.77. The summed E-state index contributed by atoms with van der Waals surface area (Å²) in [4.78, 5) is 2.65. The van der Waals surface area contributed by atoms with Crippen LogP contribution in [0, 0.1) is 12.8 Å². The van der Waals surface area contributed by atoms with Gasteiger partial charge in [0, 0.05) is 30.3 Å². The van der Waals surface area contributed by atoms with Gasteiger partial charge in [-0.2, -0.15) is 0 Å². The first-order valence-corrected chi connectivity index (χ1v) is 9.39. The normalized spacial score (nSPS) is 27.0. The monoisotopic (exact) mass is 334 g/mol. The minimum Gasteiger partial charge on any atom is -0.465 e. The van der Waals surface area contributed by atoms with Crippen LogP contribution >= 0.6 is 0 Å². The molecule has 136 valence electrons. The van der Waals surface area contributed by atoms with E-state index >= 15 is 0 Å². The zero-order valence-electron chi connectivity index (χ0n) is 16.0. The van der Waals surface area contributed by atoms with Crippen molar-refractivity contribution in [2.75, 3.05) is 19.8 Å². The highest BCUT2D eigenvalue weighted by Crippen LogP contribution is 2.33. The number of nitrogens with zero attached hydrogens (tertiary/aromatic N) is 1. The van der Waals surface area contributed by atoms with Gasteiger partial charge in [0.05, 0.1) is 13.2 Å². The highest BCUT2D eigenvalue weighted by molar-refractivity contribution is 5.07. The van der Waals surface area contributed by atoms with Gasteiger partial charge >= 0.3 is 0 Å². The second-order valence-electron chi connectivity index (χ2n) is 9.13. The van der Waals surface area contributed by atoms with Crippen LogP contribution in [0.25, 0.3) is 0 Å². The molecule has 0 radical (unpaired) electrons. The van der Waals surface area contributed by atoms with Crippen LogP contribution in [-0.2, 0) is 11.3 Å². The lowest BCUT2D eigenvalue weighted by Gasteiger charge is -2.50. The van der Waals surface area contributed by atoms with E-state index in [-0.39, 0.29) is 11.1 Å².